The molecule has 0 unspecified atom stereocenters. The summed E-state index contributed by atoms with van der Waals surface area (Å²) in [5, 5.41) is 28.7. The van der Waals surface area contributed by atoms with Crippen LogP contribution in [0.1, 0.15) is 11.1 Å². The van der Waals surface area contributed by atoms with Crippen LogP contribution in [0.25, 0.3) is 33.5 Å². The molecule has 4 aromatic carbocycles. The molecule has 0 bridgehead atoms. The SMILES string of the molecule is O=c1c2ccccc2nc(-c2cc3cc(Cl)ccc3o2)n1N=Cc1cc(Cl)c(OCc2cccc([N+](=O)[O-])c2)c([N+](=O)[O-])c1. The first-order valence-electron chi connectivity index (χ1n) is 12.8. The predicted molar refractivity (Wildman–Crippen MR) is 165 cm³/mol. The normalized spacial score (nSPS) is 11.4. The highest BCUT2D eigenvalue weighted by atomic mass is 35.5. The third kappa shape index (κ3) is 5.59. The predicted octanol–water partition coefficient (Wildman–Crippen LogP) is 7.39. The lowest BCUT2D eigenvalue weighted by Gasteiger charge is -2.10. The summed E-state index contributed by atoms with van der Waals surface area (Å²) < 4.78 is 12.6. The molecule has 6 aromatic rings. The Morgan fingerprint density at radius 1 is 0.955 bits per heavy atom. The topological polar surface area (TPSA) is 156 Å². The molecule has 0 N–H and O–H groups in total. The molecule has 0 amide bonds. The number of ether oxygens (including phenoxy) is 1. The molecule has 6 rings (SSSR count). The Labute approximate surface area is 256 Å². The first kappa shape index (κ1) is 28.5. The first-order chi connectivity index (χ1) is 21.2. The summed E-state index contributed by atoms with van der Waals surface area (Å²) >= 11 is 12.5. The summed E-state index contributed by atoms with van der Waals surface area (Å²) in [6, 6.07) is 21.7. The van der Waals surface area contributed by atoms with Crippen molar-refractivity contribution in [2.24, 2.45) is 5.10 Å². The van der Waals surface area contributed by atoms with Gasteiger partial charge in [0.15, 0.2) is 5.76 Å². The Bertz CT molecular complexity index is 2210. The second-order valence-electron chi connectivity index (χ2n) is 9.43. The third-order valence-electron chi connectivity index (χ3n) is 6.52. The minimum atomic E-state index is -0.680. The first-order valence-corrected chi connectivity index (χ1v) is 13.5. The lowest BCUT2D eigenvalue weighted by molar-refractivity contribution is -0.385. The maximum absolute atomic E-state index is 13.5. The number of benzene rings is 4. The van der Waals surface area contributed by atoms with Crippen molar-refractivity contribution >= 4 is 62.7 Å². The summed E-state index contributed by atoms with van der Waals surface area (Å²) in [6.45, 7) is -0.208. The van der Waals surface area contributed by atoms with Gasteiger partial charge in [0.2, 0.25) is 11.6 Å². The number of aromatic nitrogens is 2. The molecule has 0 aliphatic carbocycles. The van der Waals surface area contributed by atoms with E-state index in [1.54, 1.807) is 54.6 Å². The van der Waals surface area contributed by atoms with E-state index in [0.29, 0.717) is 32.5 Å². The van der Waals surface area contributed by atoms with Gasteiger partial charge in [-0.15, -0.1) is 0 Å². The molecule has 0 fully saturated rings. The van der Waals surface area contributed by atoms with Gasteiger partial charge in [-0.1, -0.05) is 47.5 Å². The summed E-state index contributed by atoms with van der Waals surface area (Å²) in [5.74, 6) is 0.109. The molecule has 0 atom stereocenters. The highest BCUT2D eigenvalue weighted by molar-refractivity contribution is 6.32. The van der Waals surface area contributed by atoms with Crippen LogP contribution in [-0.4, -0.2) is 25.7 Å². The number of nitro groups is 2. The Morgan fingerprint density at radius 2 is 1.77 bits per heavy atom. The van der Waals surface area contributed by atoms with E-state index in [4.69, 9.17) is 32.4 Å². The van der Waals surface area contributed by atoms with Gasteiger partial charge in [0.1, 0.15) is 12.2 Å². The molecular weight excluding hydrogens is 613 g/mol. The molecule has 0 aliphatic heterocycles. The lowest BCUT2D eigenvalue weighted by Crippen LogP contribution is -2.20. The lowest BCUT2D eigenvalue weighted by atomic mass is 10.2. The van der Waals surface area contributed by atoms with Gasteiger partial charge in [-0.05, 0) is 48.0 Å². The maximum Gasteiger partial charge on any atom is 0.313 e. The number of nitro benzene ring substituents is 2. The zero-order valence-electron chi connectivity index (χ0n) is 22.2. The molecule has 14 heteroatoms. The molecule has 44 heavy (non-hydrogen) atoms. The van der Waals surface area contributed by atoms with Crippen LogP contribution in [0.15, 0.2) is 99.2 Å². The van der Waals surface area contributed by atoms with Crippen LogP contribution >= 0.6 is 23.2 Å². The van der Waals surface area contributed by atoms with Crippen LogP contribution in [0.2, 0.25) is 10.0 Å². The molecule has 2 heterocycles. The third-order valence-corrected chi connectivity index (χ3v) is 7.04. The van der Waals surface area contributed by atoms with E-state index in [1.165, 1.54) is 36.5 Å². The van der Waals surface area contributed by atoms with Gasteiger partial charge in [-0.25, -0.2) is 4.98 Å². The summed E-state index contributed by atoms with van der Waals surface area (Å²) in [4.78, 5) is 39.9. The number of fused-ring (bicyclic) bond motifs is 2. The smallest absolute Gasteiger partial charge is 0.313 e. The van der Waals surface area contributed by atoms with Gasteiger partial charge in [0.05, 0.1) is 32.0 Å². The van der Waals surface area contributed by atoms with Gasteiger partial charge in [-0.3, -0.25) is 25.0 Å². The van der Waals surface area contributed by atoms with Crippen molar-refractivity contribution < 1.29 is 19.0 Å². The van der Waals surface area contributed by atoms with E-state index >= 15 is 0 Å². The highest BCUT2D eigenvalue weighted by Crippen LogP contribution is 2.37. The molecule has 0 aliphatic rings. The van der Waals surface area contributed by atoms with Crippen molar-refractivity contribution in [3.8, 4) is 17.3 Å². The van der Waals surface area contributed by atoms with E-state index in [1.807, 2.05) is 0 Å². The largest absolute Gasteiger partial charge is 0.481 e. The molecule has 0 radical (unpaired) electrons. The maximum atomic E-state index is 13.5. The molecule has 0 saturated carbocycles. The second-order valence-corrected chi connectivity index (χ2v) is 10.3. The van der Waals surface area contributed by atoms with Crippen molar-refractivity contribution in [3.05, 3.63) is 137 Å². The van der Waals surface area contributed by atoms with E-state index in [2.05, 4.69) is 10.1 Å². The fraction of sp³-hybridized carbons (Fsp3) is 0.0333. The highest BCUT2D eigenvalue weighted by Gasteiger charge is 2.22. The van der Waals surface area contributed by atoms with Crippen LogP contribution in [-0.2, 0) is 6.61 Å². The molecule has 218 valence electrons. The van der Waals surface area contributed by atoms with E-state index in [9.17, 15) is 25.0 Å². The quantitative estimate of drug-likeness (QED) is 0.0957. The van der Waals surface area contributed by atoms with Crippen molar-refractivity contribution in [2.45, 2.75) is 6.61 Å². The molecule has 0 saturated heterocycles. The van der Waals surface area contributed by atoms with Crippen LogP contribution in [0.5, 0.6) is 5.75 Å². The fourth-order valence-electron chi connectivity index (χ4n) is 4.51. The summed E-state index contributed by atoms with van der Waals surface area (Å²) in [5.41, 5.74) is 0.417. The number of para-hydroxylation sites is 1. The van der Waals surface area contributed by atoms with Crippen molar-refractivity contribution in [1.82, 2.24) is 9.66 Å². The zero-order chi connectivity index (χ0) is 31.0. The van der Waals surface area contributed by atoms with Crippen LogP contribution < -0.4 is 10.3 Å². The fourth-order valence-corrected chi connectivity index (χ4v) is 4.96. The van der Waals surface area contributed by atoms with Crippen molar-refractivity contribution in [1.29, 1.82) is 0 Å². The number of rotatable bonds is 8. The molecule has 12 nitrogen and oxygen atoms in total. The van der Waals surface area contributed by atoms with Crippen LogP contribution in [0.4, 0.5) is 11.4 Å². The summed E-state index contributed by atoms with van der Waals surface area (Å²) in [7, 11) is 0. The Morgan fingerprint density at radius 3 is 2.57 bits per heavy atom. The van der Waals surface area contributed by atoms with Gasteiger partial charge >= 0.3 is 5.69 Å². The average Bonchev–Trinajstić information content (AvgIpc) is 3.43. The van der Waals surface area contributed by atoms with Gasteiger partial charge in [0, 0.05) is 34.2 Å². The number of halogens is 2. The minimum Gasteiger partial charge on any atom is -0.481 e. The van der Waals surface area contributed by atoms with Crippen molar-refractivity contribution in [3.63, 3.8) is 0 Å². The number of non-ortho nitro benzene ring substituents is 1. The van der Waals surface area contributed by atoms with Crippen LogP contribution in [0, 0.1) is 20.2 Å². The molecular formula is C30H17Cl2N5O7. The summed E-state index contributed by atoms with van der Waals surface area (Å²) in [6.07, 6.45) is 1.23. The monoisotopic (exact) mass is 629 g/mol. The number of nitrogens with zero attached hydrogens (tertiary/aromatic N) is 5. The Kier molecular flexibility index (Phi) is 7.51. The van der Waals surface area contributed by atoms with E-state index < -0.39 is 21.1 Å². The number of hydrogen-bond acceptors (Lipinski definition) is 9. The van der Waals surface area contributed by atoms with Gasteiger partial charge in [0.25, 0.3) is 11.2 Å². The second kappa shape index (κ2) is 11.6. The van der Waals surface area contributed by atoms with Crippen molar-refractivity contribution in [2.75, 3.05) is 0 Å². The number of furan rings is 1. The average molecular weight is 630 g/mol. The van der Waals surface area contributed by atoms with E-state index in [0.717, 1.165) is 4.68 Å². The molecule has 2 aromatic heterocycles. The minimum absolute atomic E-state index is 0.0924. The zero-order valence-corrected chi connectivity index (χ0v) is 23.7. The van der Waals surface area contributed by atoms with Gasteiger partial charge < -0.3 is 9.15 Å². The molecule has 0 spiro atoms. The van der Waals surface area contributed by atoms with Gasteiger partial charge in [-0.2, -0.15) is 9.78 Å². The Hall–Kier alpha value is -5.59. The Balaban J connectivity index is 1.39. The number of hydrogen-bond donors (Lipinski definition) is 0. The van der Waals surface area contributed by atoms with E-state index in [-0.39, 0.29) is 40.2 Å². The standard InChI is InChI=1S/C30H17Cl2N5O7/c31-20-8-9-26-19(13-20)14-27(44-26)29-34-24-7-2-1-6-22(24)30(38)35(29)33-15-18-11-23(32)28(25(12-18)37(41)42)43-16-17-4-3-5-21(10-17)36(39)40/h1-15H,16H2. The van der Waals surface area contributed by atoms with Crippen LogP contribution in [0.3, 0.4) is 0 Å².